The first-order valence-corrected chi connectivity index (χ1v) is 9.07. The van der Waals surface area contributed by atoms with Crippen molar-refractivity contribution >= 4 is 27.3 Å². The van der Waals surface area contributed by atoms with Crippen molar-refractivity contribution in [2.45, 2.75) is 31.6 Å². The number of rotatable bonds is 5. The van der Waals surface area contributed by atoms with Crippen molar-refractivity contribution < 1.29 is 13.2 Å². The van der Waals surface area contributed by atoms with E-state index in [1.165, 1.54) is 7.11 Å². The number of hydrogen-bond acceptors (Lipinski definition) is 3. The van der Waals surface area contributed by atoms with E-state index in [2.05, 4.69) is 4.72 Å². The molecule has 0 saturated carbocycles. The average molecular weight is 354 g/mol. The normalized spacial score (nSPS) is 11.6. The van der Waals surface area contributed by atoms with Crippen LogP contribution in [0.4, 0.5) is 5.69 Å². The second-order valence-electron chi connectivity index (χ2n) is 5.63. The monoisotopic (exact) mass is 353 g/mol. The summed E-state index contributed by atoms with van der Waals surface area (Å²) in [6.07, 6.45) is 0. The number of aryl methyl sites for hydroxylation is 1. The van der Waals surface area contributed by atoms with Gasteiger partial charge in [-0.25, -0.2) is 8.42 Å². The van der Waals surface area contributed by atoms with Gasteiger partial charge in [0.25, 0.3) is 10.0 Å². The predicted octanol–water partition coefficient (Wildman–Crippen LogP) is 4.58. The number of hydrogen-bond donors (Lipinski definition) is 1. The smallest absolute Gasteiger partial charge is 0.265 e. The number of anilines is 1. The van der Waals surface area contributed by atoms with Crippen LogP contribution in [0.3, 0.4) is 0 Å². The van der Waals surface area contributed by atoms with E-state index in [0.717, 1.165) is 11.1 Å². The van der Waals surface area contributed by atoms with Gasteiger partial charge in [0, 0.05) is 5.02 Å². The molecule has 0 aromatic heterocycles. The molecule has 2 aromatic rings. The lowest BCUT2D eigenvalue weighted by Gasteiger charge is -2.15. The summed E-state index contributed by atoms with van der Waals surface area (Å²) in [5.41, 5.74) is 2.17. The number of methoxy groups -OCH3 is 1. The highest BCUT2D eigenvalue weighted by Crippen LogP contribution is 2.30. The first-order valence-electron chi connectivity index (χ1n) is 7.21. The van der Waals surface area contributed by atoms with E-state index in [9.17, 15) is 8.42 Å². The number of halogens is 1. The van der Waals surface area contributed by atoms with Gasteiger partial charge in [0.2, 0.25) is 0 Å². The average Bonchev–Trinajstić information content (AvgIpc) is 2.50. The van der Waals surface area contributed by atoms with Gasteiger partial charge >= 0.3 is 0 Å². The second kappa shape index (κ2) is 6.81. The van der Waals surface area contributed by atoms with Gasteiger partial charge < -0.3 is 4.74 Å². The molecule has 6 heteroatoms. The Morgan fingerprint density at radius 2 is 1.83 bits per heavy atom. The molecule has 1 N–H and O–H groups in total. The van der Waals surface area contributed by atoms with Gasteiger partial charge in [0.1, 0.15) is 10.6 Å². The highest BCUT2D eigenvalue weighted by Gasteiger charge is 2.21. The van der Waals surface area contributed by atoms with Crippen molar-refractivity contribution in [1.82, 2.24) is 0 Å². The molecule has 124 valence electrons. The number of benzene rings is 2. The SMILES string of the molecule is COc1ccc(C(C)C)cc1S(=O)(=O)Nc1cc(Cl)ccc1C. The highest BCUT2D eigenvalue weighted by atomic mass is 35.5. The van der Waals surface area contributed by atoms with Gasteiger partial charge in [0.15, 0.2) is 0 Å². The van der Waals surface area contributed by atoms with E-state index in [-0.39, 0.29) is 10.8 Å². The Balaban J connectivity index is 2.50. The molecule has 2 aromatic carbocycles. The summed E-state index contributed by atoms with van der Waals surface area (Å²) in [4.78, 5) is 0.116. The number of nitrogens with one attached hydrogen (secondary N) is 1. The van der Waals surface area contributed by atoms with E-state index in [1.54, 1.807) is 30.3 Å². The van der Waals surface area contributed by atoms with Crippen LogP contribution in [0.25, 0.3) is 0 Å². The maximum atomic E-state index is 12.8. The zero-order valence-electron chi connectivity index (χ0n) is 13.6. The van der Waals surface area contributed by atoms with Crippen LogP contribution in [0.5, 0.6) is 5.75 Å². The molecule has 0 fully saturated rings. The molecule has 4 nitrogen and oxygen atoms in total. The number of ether oxygens (including phenoxy) is 1. The van der Waals surface area contributed by atoms with E-state index in [1.807, 2.05) is 26.8 Å². The Morgan fingerprint density at radius 3 is 2.43 bits per heavy atom. The van der Waals surface area contributed by atoms with Crippen molar-refractivity contribution in [3.05, 3.63) is 52.5 Å². The number of sulfonamides is 1. The van der Waals surface area contributed by atoms with Crippen molar-refractivity contribution in [1.29, 1.82) is 0 Å². The summed E-state index contributed by atoms with van der Waals surface area (Å²) in [6.45, 7) is 5.83. The lowest BCUT2D eigenvalue weighted by Crippen LogP contribution is -2.15. The van der Waals surface area contributed by atoms with E-state index < -0.39 is 10.0 Å². The summed E-state index contributed by atoms with van der Waals surface area (Å²) >= 11 is 5.96. The molecule has 0 aliphatic carbocycles. The Hall–Kier alpha value is -1.72. The van der Waals surface area contributed by atoms with Gasteiger partial charge in [-0.2, -0.15) is 0 Å². The largest absolute Gasteiger partial charge is 0.495 e. The van der Waals surface area contributed by atoms with Gasteiger partial charge in [0.05, 0.1) is 12.8 Å². The van der Waals surface area contributed by atoms with Gasteiger partial charge in [-0.3, -0.25) is 4.72 Å². The van der Waals surface area contributed by atoms with Crippen molar-refractivity contribution in [3.63, 3.8) is 0 Å². The molecule has 0 unspecified atom stereocenters. The zero-order valence-corrected chi connectivity index (χ0v) is 15.1. The molecule has 2 rings (SSSR count). The summed E-state index contributed by atoms with van der Waals surface area (Å²) < 4.78 is 33.4. The molecule has 23 heavy (non-hydrogen) atoms. The summed E-state index contributed by atoms with van der Waals surface area (Å²) in [6, 6.07) is 10.3. The lowest BCUT2D eigenvalue weighted by atomic mass is 10.0. The Morgan fingerprint density at radius 1 is 1.13 bits per heavy atom. The van der Waals surface area contributed by atoms with Crippen molar-refractivity contribution in [2.75, 3.05) is 11.8 Å². The molecule has 0 spiro atoms. The van der Waals surface area contributed by atoms with Crippen molar-refractivity contribution in [3.8, 4) is 5.75 Å². The molecule has 0 saturated heterocycles. The van der Waals surface area contributed by atoms with Crippen LogP contribution in [0.15, 0.2) is 41.3 Å². The maximum absolute atomic E-state index is 12.8. The molecule has 0 amide bonds. The van der Waals surface area contributed by atoms with Crippen LogP contribution in [-0.4, -0.2) is 15.5 Å². The molecular weight excluding hydrogens is 334 g/mol. The van der Waals surface area contributed by atoms with Crippen LogP contribution in [0.1, 0.15) is 30.9 Å². The highest BCUT2D eigenvalue weighted by molar-refractivity contribution is 7.92. The Kier molecular flexibility index (Phi) is 5.22. The van der Waals surface area contributed by atoms with E-state index in [4.69, 9.17) is 16.3 Å². The molecule has 0 radical (unpaired) electrons. The fourth-order valence-corrected chi connectivity index (χ4v) is 3.67. The standard InChI is InChI=1S/C17H20ClNO3S/c1-11(2)13-6-8-16(22-4)17(9-13)23(20,21)19-15-10-14(18)7-5-12(15)3/h5-11,19H,1-4H3. The lowest BCUT2D eigenvalue weighted by molar-refractivity contribution is 0.402. The fraction of sp³-hybridized carbons (Fsp3) is 0.294. The van der Waals surface area contributed by atoms with Crippen LogP contribution < -0.4 is 9.46 Å². The van der Waals surface area contributed by atoms with Crippen molar-refractivity contribution in [2.24, 2.45) is 0 Å². The predicted molar refractivity (Wildman–Crippen MR) is 94.1 cm³/mol. The molecule has 0 aliphatic heterocycles. The summed E-state index contributed by atoms with van der Waals surface area (Å²) in [7, 11) is -2.33. The van der Waals surface area contributed by atoms with Crippen LogP contribution in [0.2, 0.25) is 5.02 Å². The van der Waals surface area contributed by atoms with E-state index >= 15 is 0 Å². The topological polar surface area (TPSA) is 55.4 Å². The van der Waals surface area contributed by atoms with E-state index in [0.29, 0.717) is 16.5 Å². The van der Waals surface area contributed by atoms with Crippen LogP contribution in [0, 0.1) is 6.92 Å². The van der Waals surface area contributed by atoms with Gasteiger partial charge in [-0.1, -0.05) is 37.6 Å². The summed E-state index contributed by atoms with van der Waals surface area (Å²) in [5, 5.41) is 0.469. The molecular formula is C17H20ClNO3S. The minimum absolute atomic E-state index is 0.116. The molecule has 0 heterocycles. The third kappa shape index (κ3) is 3.98. The maximum Gasteiger partial charge on any atom is 0.265 e. The van der Waals surface area contributed by atoms with Crippen LogP contribution >= 0.6 is 11.6 Å². The summed E-state index contributed by atoms with van der Waals surface area (Å²) in [5.74, 6) is 0.518. The minimum atomic E-state index is -3.79. The first kappa shape index (κ1) is 17.6. The molecule has 0 aliphatic rings. The first-order chi connectivity index (χ1) is 10.7. The van der Waals surface area contributed by atoms with Crippen LogP contribution in [-0.2, 0) is 10.0 Å². The molecule has 0 bridgehead atoms. The van der Waals surface area contributed by atoms with Gasteiger partial charge in [-0.05, 0) is 48.2 Å². The Labute approximate surface area is 142 Å². The van der Waals surface area contributed by atoms with Gasteiger partial charge in [-0.15, -0.1) is 0 Å². The zero-order chi connectivity index (χ0) is 17.2. The Bertz CT molecular complexity index is 817. The molecule has 0 atom stereocenters. The fourth-order valence-electron chi connectivity index (χ4n) is 2.17. The third-order valence-electron chi connectivity index (χ3n) is 3.59. The minimum Gasteiger partial charge on any atom is -0.495 e. The quantitative estimate of drug-likeness (QED) is 0.855. The third-order valence-corrected chi connectivity index (χ3v) is 5.21. The second-order valence-corrected chi connectivity index (χ2v) is 7.72.